The van der Waals surface area contributed by atoms with Gasteiger partial charge in [0, 0.05) is 12.2 Å². The van der Waals surface area contributed by atoms with E-state index in [-0.39, 0.29) is 18.4 Å². The predicted octanol–water partition coefficient (Wildman–Crippen LogP) is 5.76. The number of hydrogen-bond acceptors (Lipinski definition) is 7. The Morgan fingerprint density at radius 1 is 0.975 bits per heavy atom. The zero-order valence-corrected chi connectivity index (χ0v) is 22.7. The van der Waals surface area contributed by atoms with Crippen molar-refractivity contribution in [1.29, 1.82) is 0 Å². The topological polar surface area (TPSA) is 78.5 Å². The molecule has 0 fully saturated rings. The lowest BCUT2D eigenvalue weighted by Crippen LogP contribution is -2.44. The van der Waals surface area contributed by atoms with Crippen LogP contribution in [0.15, 0.2) is 60.7 Å². The van der Waals surface area contributed by atoms with Crippen LogP contribution in [0.4, 0.5) is 18.9 Å². The van der Waals surface area contributed by atoms with Crippen LogP contribution in [0, 0.1) is 0 Å². The van der Waals surface area contributed by atoms with Crippen molar-refractivity contribution in [1.82, 2.24) is 4.90 Å². The predicted molar refractivity (Wildman–Crippen MR) is 145 cm³/mol. The van der Waals surface area contributed by atoms with Gasteiger partial charge in [-0.1, -0.05) is 0 Å². The van der Waals surface area contributed by atoms with E-state index in [4.69, 9.17) is 31.2 Å². The summed E-state index contributed by atoms with van der Waals surface area (Å²) in [5.74, 6) is 0.916. The highest BCUT2D eigenvalue weighted by Gasteiger charge is 2.32. The third kappa shape index (κ3) is 6.87. The number of anilines is 1. The van der Waals surface area contributed by atoms with Crippen molar-refractivity contribution in [3.63, 3.8) is 0 Å². The SMILES string of the molecule is COC(=O)c1ccc(OCC2c3cc(OC)c(OC)cc3CCN2C(=S)Nc2ccc(OC(F)(F)F)cc2)cc1. The Labute approximate surface area is 234 Å². The van der Waals surface area contributed by atoms with Crippen molar-refractivity contribution in [2.45, 2.75) is 18.8 Å². The molecule has 40 heavy (non-hydrogen) atoms. The molecule has 12 heteroatoms. The quantitative estimate of drug-likeness (QED) is 0.266. The highest BCUT2D eigenvalue weighted by Crippen LogP contribution is 2.39. The fourth-order valence-corrected chi connectivity index (χ4v) is 4.70. The van der Waals surface area contributed by atoms with E-state index in [2.05, 4.69) is 10.1 Å². The lowest BCUT2D eigenvalue weighted by molar-refractivity contribution is -0.274. The molecule has 3 aromatic rings. The Balaban J connectivity index is 1.57. The van der Waals surface area contributed by atoms with Gasteiger partial charge in [0.15, 0.2) is 16.6 Å². The van der Waals surface area contributed by atoms with E-state index >= 15 is 0 Å². The van der Waals surface area contributed by atoms with Crippen LogP contribution >= 0.6 is 12.2 Å². The molecule has 1 atom stereocenters. The molecule has 3 aromatic carbocycles. The lowest BCUT2D eigenvalue weighted by atomic mass is 9.92. The van der Waals surface area contributed by atoms with Crippen LogP contribution < -0.4 is 24.3 Å². The minimum absolute atomic E-state index is 0.195. The van der Waals surface area contributed by atoms with E-state index in [9.17, 15) is 18.0 Å². The summed E-state index contributed by atoms with van der Waals surface area (Å²) in [4.78, 5) is 13.7. The number of nitrogens with zero attached hydrogens (tertiary/aromatic N) is 1. The molecule has 0 radical (unpaired) electrons. The van der Waals surface area contributed by atoms with Gasteiger partial charge < -0.3 is 33.9 Å². The number of hydrogen-bond donors (Lipinski definition) is 1. The van der Waals surface area contributed by atoms with Gasteiger partial charge in [-0.05, 0) is 90.4 Å². The number of nitrogens with one attached hydrogen (secondary N) is 1. The van der Waals surface area contributed by atoms with Crippen molar-refractivity contribution in [3.05, 3.63) is 77.4 Å². The summed E-state index contributed by atoms with van der Waals surface area (Å²) in [5.41, 5.74) is 2.86. The second-order valence-corrected chi connectivity index (χ2v) is 9.08. The number of thiocarbonyl (C=S) groups is 1. The smallest absolute Gasteiger partial charge is 0.493 e. The van der Waals surface area contributed by atoms with Crippen LogP contribution in [0.25, 0.3) is 0 Å². The number of fused-ring (bicyclic) bond motifs is 1. The van der Waals surface area contributed by atoms with Crippen LogP contribution in [0.1, 0.15) is 27.5 Å². The minimum atomic E-state index is -4.78. The first-order valence-corrected chi connectivity index (χ1v) is 12.5. The minimum Gasteiger partial charge on any atom is -0.493 e. The molecule has 4 rings (SSSR count). The number of ether oxygens (including phenoxy) is 5. The number of carbonyl (C=O) groups excluding carboxylic acids is 1. The molecule has 0 spiro atoms. The first-order chi connectivity index (χ1) is 19.1. The highest BCUT2D eigenvalue weighted by molar-refractivity contribution is 7.80. The van der Waals surface area contributed by atoms with Crippen molar-refractivity contribution in [3.8, 4) is 23.0 Å². The second-order valence-electron chi connectivity index (χ2n) is 8.69. The average molecular weight is 577 g/mol. The maximum absolute atomic E-state index is 12.5. The molecule has 1 aliphatic rings. The molecule has 1 unspecified atom stereocenters. The van der Waals surface area contributed by atoms with E-state index in [0.717, 1.165) is 11.1 Å². The van der Waals surface area contributed by atoms with E-state index in [0.29, 0.717) is 46.6 Å². The maximum Gasteiger partial charge on any atom is 0.573 e. The summed E-state index contributed by atoms with van der Waals surface area (Å²) in [5, 5.41) is 3.46. The number of carbonyl (C=O) groups is 1. The van der Waals surface area contributed by atoms with Gasteiger partial charge in [0.25, 0.3) is 0 Å². The number of rotatable bonds is 8. The van der Waals surface area contributed by atoms with Gasteiger partial charge in [-0.3, -0.25) is 0 Å². The van der Waals surface area contributed by atoms with Gasteiger partial charge in [-0.2, -0.15) is 0 Å². The van der Waals surface area contributed by atoms with E-state index in [1.165, 1.54) is 31.4 Å². The Morgan fingerprint density at radius 2 is 1.60 bits per heavy atom. The Morgan fingerprint density at radius 3 is 2.20 bits per heavy atom. The molecule has 1 N–H and O–H groups in total. The van der Waals surface area contributed by atoms with E-state index in [1.807, 2.05) is 17.0 Å². The Kier molecular flexibility index (Phi) is 8.88. The van der Waals surface area contributed by atoms with Crippen LogP contribution in [0.3, 0.4) is 0 Å². The summed E-state index contributed by atoms with van der Waals surface area (Å²) in [6.45, 7) is 0.735. The Hall–Kier alpha value is -4.19. The largest absolute Gasteiger partial charge is 0.573 e. The first-order valence-electron chi connectivity index (χ1n) is 12.1. The molecule has 0 saturated carbocycles. The monoisotopic (exact) mass is 576 g/mol. The first kappa shape index (κ1) is 28.8. The molecule has 0 aliphatic carbocycles. The fraction of sp³-hybridized carbons (Fsp3) is 0.286. The number of methoxy groups -OCH3 is 3. The Bertz CT molecular complexity index is 1350. The van der Waals surface area contributed by atoms with Crippen LogP contribution in [-0.4, -0.2) is 56.8 Å². The molecule has 1 heterocycles. The normalized spacial score (nSPS) is 14.6. The second kappa shape index (κ2) is 12.3. The molecule has 0 aromatic heterocycles. The van der Waals surface area contributed by atoms with Crippen molar-refractivity contribution < 1.29 is 41.7 Å². The van der Waals surface area contributed by atoms with Gasteiger partial charge in [0.05, 0.1) is 32.9 Å². The number of alkyl halides is 3. The standard InChI is InChI=1S/C28H27F3N2O6S/c1-35-24-14-18-12-13-33(27(40)32-19-6-10-21(11-7-19)39-28(29,30)31)23(22(18)15-25(24)36-2)16-38-20-8-4-17(5-9-20)26(34)37-3/h4-11,14-15,23H,12-13,16H2,1-3H3,(H,32,40). The number of esters is 1. The van der Waals surface area contributed by atoms with Crippen molar-refractivity contribution >= 4 is 29.0 Å². The molecule has 0 saturated heterocycles. The summed E-state index contributed by atoms with van der Waals surface area (Å²) in [6.07, 6.45) is -4.12. The van der Waals surface area contributed by atoms with Crippen molar-refractivity contribution in [2.75, 3.05) is 39.8 Å². The number of benzene rings is 3. The van der Waals surface area contributed by atoms with E-state index in [1.54, 1.807) is 38.5 Å². The molecule has 212 valence electrons. The van der Waals surface area contributed by atoms with Crippen LogP contribution in [0.2, 0.25) is 0 Å². The summed E-state index contributed by atoms with van der Waals surface area (Å²) in [6, 6.07) is 15.4. The van der Waals surface area contributed by atoms with Crippen molar-refractivity contribution in [2.24, 2.45) is 0 Å². The van der Waals surface area contributed by atoms with Crippen LogP contribution in [0.5, 0.6) is 23.0 Å². The lowest BCUT2D eigenvalue weighted by Gasteiger charge is -2.39. The molecule has 0 bridgehead atoms. The number of halogens is 3. The summed E-state index contributed by atoms with van der Waals surface area (Å²) in [7, 11) is 4.44. The van der Waals surface area contributed by atoms with Crippen LogP contribution in [-0.2, 0) is 11.2 Å². The zero-order chi connectivity index (χ0) is 28.9. The summed E-state index contributed by atoms with van der Waals surface area (Å²) < 4.78 is 63.3. The molecule has 1 aliphatic heterocycles. The third-order valence-electron chi connectivity index (χ3n) is 6.29. The third-order valence-corrected chi connectivity index (χ3v) is 6.62. The molecule has 0 amide bonds. The highest BCUT2D eigenvalue weighted by atomic mass is 32.1. The zero-order valence-electron chi connectivity index (χ0n) is 21.9. The average Bonchev–Trinajstić information content (AvgIpc) is 2.95. The van der Waals surface area contributed by atoms with Gasteiger partial charge in [0.2, 0.25) is 0 Å². The van der Waals surface area contributed by atoms with E-state index < -0.39 is 12.3 Å². The van der Waals surface area contributed by atoms with Gasteiger partial charge in [0.1, 0.15) is 18.1 Å². The summed E-state index contributed by atoms with van der Waals surface area (Å²) >= 11 is 5.72. The fourth-order valence-electron chi connectivity index (χ4n) is 4.37. The molecule has 8 nitrogen and oxygen atoms in total. The van der Waals surface area contributed by atoms with Gasteiger partial charge >= 0.3 is 12.3 Å². The van der Waals surface area contributed by atoms with Gasteiger partial charge in [-0.25, -0.2) is 4.79 Å². The molecular weight excluding hydrogens is 549 g/mol. The molecular formula is C28H27F3N2O6S. The van der Waals surface area contributed by atoms with Gasteiger partial charge in [-0.15, -0.1) is 13.2 Å². The maximum atomic E-state index is 12.5.